The predicted molar refractivity (Wildman–Crippen MR) is 45.1 cm³/mol. The number of hydrogen-bond donors (Lipinski definition) is 1. The molecule has 1 aliphatic rings. The number of rotatable bonds is 1. The molecule has 0 heterocycles. The van der Waals surface area contributed by atoms with Crippen LogP contribution in [0.25, 0.3) is 0 Å². The monoisotopic (exact) mass is 141 g/mol. The Labute approximate surface area is 64.2 Å². The topological polar surface area (TPSA) is 12.0 Å². The van der Waals surface area contributed by atoms with Crippen LogP contribution >= 0.6 is 0 Å². The molecule has 1 unspecified atom stereocenters. The molecule has 1 heteroatoms. The molecular formula is C9H19N. The van der Waals surface area contributed by atoms with E-state index in [4.69, 9.17) is 0 Å². The first kappa shape index (κ1) is 8.06. The lowest BCUT2D eigenvalue weighted by Gasteiger charge is -2.34. The molecular weight excluding hydrogens is 122 g/mol. The molecule has 0 radical (unpaired) electrons. The van der Waals surface area contributed by atoms with Crippen LogP contribution in [0, 0.1) is 5.41 Å². The Kier molecular flexibility index (Phi) is 2.35. The van der Waals surface area contributed by atoms with Gasteiger partial charge in [-0.25, -0.2) is 0 Å². The largest absolute Gasteiger partial charge is 0.317 e. The maximum Gasteiger partial charge on any atom is 0.00691 e. The smallest absolute Gasteiger partial charge is 0.00691 e. The molecule has 0 aromatic heterocycles. The van der Waals surface area contributed by atoms with Gasteiger partial charge in [-0.2, -0.15) is 0 Å². The standard InChI is InChI=1S/C9H19N/c1-9(2)6-4-5-8(7-9)10-3/h8,10H,4-7H2,1-3H3. The Hall–Kier alpha value is -0.0400. The van der Waals surface area contributed by atoms with E-state index >= 15 is 0 Å². The Balaban J connectivity index is 2.40. The molecule has 0 amide bonds. The van der Waals surface area contributed by atoms with Crippen molar-refractivity contribution in [2.24, 2.45) is 5.41 Å². The second-order valence-electron chi connectivity index (χ2n) is 4.25. The second kappa shape index (κ2) is 2.91. The van der Waals surface area contributed by atoms with Gasteiger partial charge in [0, 0.05) is 6.04 Å². The lowest BCUT2D eigenvalue weighted by molar-refractivity contribution is 0.204. The molecule has 1 saturated carbocycles. The third-order valence-electron chi connectivity index (χ3n) is 2.61. The van der Waals surface area contributed by atoms with Gasteiger partial charge in [-0.1, -0.05) is 20.3 Å². The van der Waals surface area contributed by atoms with Crippen molar-refractivity contribution in [3.63, 3.8) is 0 Å². The molecule has 0 aromatic carbocycles. The molecule has 0 aliphatic heterocycles. The normalized spacial score (nSPS) is 32.1. The molecule has 1 rings (SSSR count). The van der Waals surface area contributed by atoms with Crippen molar-refractivity contribution in [3.05, 3.63) is 0 Å². The highest BCUT2D eigenvalue weighted by molar-refractivity contribution is 4.82. The van der Waals surface area contributed by atoms with Crippen LogP contribution in [0.3, 0.4) is 0 Å². The van der Waals surface area contributed by atoms with Gasteiger partial charge in [-0.15, -0.1) is 0 Å². The van der Waals surface area contributed by atoms with Gasteiger partial charge in [0.2, 0.25) is 0 Å². The molecule has 0 spiro atoms. The van der Waals surface area contributed by atoms with Crippen LogP contribution in [0.5, 0.6) is 0 Å². The highest BCUT2D eigenvalue weighted by Gasteiger charge is 2.26. The molecule has 1 nitrogen and oxygen atoms in total. The first-order chi connectivity index (χ1) is 4.64. The van der Waals surface area contributed by atoms with E-state index < -0.39 is 0 Å². The molecule has 1 N–H and O–H groups in total. The quantitative estimate of drug-likeness (QED) is 0.590. The van der Waals surface area contributed by atoms with Crippen molar-refractivity contribution in [2.75, 3.05) is 7.05 Å². The molecule has 0 bridgehead atoms. The summed E-state index contributed by atoms with van der Waals surface area (Å²) >= 11 is 0. The van der Waals surface area contributed by atoms with Gasteiger partial charge >= 0.3 is 0 Å². The summed E-state index contributed by atoms with van der Waals surface area (Å²) in [5.74, 6) is 0. The van der Waals surface area contributed by atoms with Crippen LogP contribution in [-0.2, 0) is 0 Å². The molecule has 1 aliphatic carbocycles. The summed E-state index contributed by atoms with van der Waals surface area (Å²) < 4.78 is 0. The van der Waals surface area contributed by atoms with Crippen LogP contribution in [0.1, 0.15) is 39.5 Å². The van der Waals surface area contributed by atoms with Crippen LogP contribution < -0.4 is 5.32 Å². The molecule has 1 fully saturated rings. The lowest BCUT2D eigenvalue weighted by Crippen LogP contribution is -2.34. The zero-order chi connectivity index (χ0) is 7.61. The van der Waals surface area contributed by atoms with Gasteiger partial charge in [-0.05, 0) is 31.7 Å². The van der Waals surface area contributed by atoms with E-state index in [9.17, 15) is 0 Å². The van der Waals surface area contributed by atoms with Gasteiger partial charge in [0.15, 0.2) is 0 Å². The highest BCUT2D eigenvalue weighted by Crippen LogP contribution is 2.34. The van der Waals surface area contributed by atoms with Gasteiger partial charge in [-0.3, -0.25) is 0 Å². The van der Waals surface area contributed by atoms with Crippen LogP contribution in [0.2, 0.25) is 0 Å². The predicted octanol–water partition coefficient (Wildman–Crippen LogP) is 2.17. The summed E-state index contributed by atoms with van der Waals surface area (Å²) in [6.45, 7) is 4.74. The third kappa shape index (κ3) is 1.98. The second-order valence-corrected chi connectivity index (χ2v) is 4.25. The van der Waals surface area contributed by atoms with E-state index in [0.29, 0.717) is 5.41 Å². The van der Waals surface area contributed by atoms with E-state index in [0.717, 1.165) is 6.04 Å². The van der Waals surface area contributed by atoms with Crippen LogP contribution in [0.4, 0.5) is 0 Å². The first-order valence-corrected chi connectivity index (χ1v) is 4.31. The van der Waals surface area contributed by atoms with E-state index in [1.165, 1.54) is 25.7 Å². The summed E-state index contributed by atoms with van der Waals surface area (Å²) in [7, 11) is 2.08. The molecule has 60 valence electrons. The molecule has 10 heavy (non-hydrogen) atoms. The van der Waals surface area contributed by atoms with Crippen molar-refractivity contribution in [1.82, 2.24) is 5.32 Å². The van der Waals surface area contributed by atoms with Crippen molar-refractivity contribution < 1.29 is 0 Å². The van der Waals surface area contributed by atoms with E-state index in [1.54, 1.807) is 0 Å². The first-order valence-electron chi connectivity index (χ1n) is 4.31. The van der Waals surface area contributed by atoms with Gasteiger partial charge in [0.1, 0.15) is 0 Å². The average Bonchev–Trinajstić information content (AvgIpc) is 1.86. The average molecular weight is 141 g/mol. The Bertz CT molecular complexity index is 107. The van der Waals surface area contributed by atoms with Crippen molar-refractivity contribution in [3.8, 4) is 0 Å². The zero-order valence-corrected chi connectivity index (χ0v) is 7.41. The van der Waals surface area contributed by atoms with E-state index in [2.05, 4.69) is 26.2 Å². The van der Waals surface area contributed by atoms with Crippen molar-refractivity contribution in [2.45, 2.75) is 45.6 Å². The third-order valence-corrected chi connectivity index (χ3v) is 2.61. The number of hydrogen-bond acceptors (Lipinski definition) is 1. The highest BCUT2D eigenvalue weighted by atomic mass is 14.9. The fourth-order valence-corrected chi connectivity index (χ4v) is 1.94. The molecule has 1 atom stereocenters. The SMILES string of the molecule is CNC1CCCC(C)(C)C1. The van der Waals surface area contributed by atoms with Gasteiger partial charge in [0.05, 0.1) is 0 Å². The Morgan fingerprint density at radius 2 is 2.10 bits per heavy atom. The van der Waals surface area contributed by atoms with E-state index in [1.807, 2.05) is 0 Å². The Morgan fingerprint density at radius 1 is 1.40 bits per heavy atom. The zero-order valence-electron chi connectivity index (χ0n) is 7.41. The fourth-order valence-electron chi connectivity index (χ4n) is 1.94. The Morgan fingerprint density at radius 3 is 2.50 bits per heavy atom. The minimum Gasteiger partial charge on any atom is -0.317 e. The summed E-state index contributed by atoms with van der Waals surface area (Å²) in [6, 6.07) is 0.781. The van der Waals surface area contributed by atoms with Crippen molar-refractivity contribution in [1.29, 1.82) is 0 Å². The molecule has 0 saturated heterocycles. The summed E-state index contributed by atoms with van der Waals surface area (Å²) in [4.78, 5) is 0. The van der Waals surface area contributed by atoms with Gasteiger partial charge < -0.3 is 5.32 Å². The summed E-state index contributed by atoms with van der Waals surface area (Å²) in [6.07, 6.45) is 5.53. The van der Waals surface area contributed by atoms with Crippen LogP contribution in [0.15, 0.2) is 0 Å². The summed E-state index contributed by atoms with van der Waals surface area (Å²) in [5, 5.41) is 3.36. The molecule has 0 aromatic rings. The maximum absolute atomic E-state index is 3.36. The van der Waals surface area contributed by atoms with Crippen LogP contribution in [-0.4, -0.2) is 13.1 Å². The van der Waals surface area contributed by atoms with E-state index in [-0.39, 0.29) is 0 Å². The summed E-state index contributed by atoms with van der Waals surface area (Å²) in [5.41, 5.74) is 0.589. The van der Waals surface area contributed by atoms with Gasteiger partial charge in [0.25, 0.3) is 0 Å². The van der Waals surface area contributed by atoms with Crippen molar-refractivity contribution >= 4 is 0 Å². The fraction of sp³-hybridized carbons (Fsp3) is 1.00. The minimum absolute atomic E-state index is 0.589. The number of nitrogens with one attached hydrogen (secondary N) is 1. The minimum atomic E-state index is 0.589. The maximum atomic E-state index is 3.36. The lowest BCUT2D eigenvalue weighted by atomic mass is 9.75.